The van der Waals surface area contributed by atoms with Gasteiger partial charge in [-0.05, 0) is 59.6 Å². The molecule has 3 heteroatoms. The maximum Gasteiger partial charge on any atom is 0.0376 e. The van der Waals surface area contributed by atoms with Gasteiger partial charge in [-0.15, -0.1) is 0 Å². The third-order valence-corrected chi connectivity index (χ3v) is 4.49. The first kappa shape index (κ1) is 15.5. The van der Waals surface area contributed by atoms with Gasteiger partial charge in [0.15, 0.2) is 0 Å². The van der Waals surface area contributed by atoms with E-state index in [-0.39, 0.29) is 0 Å². The molecule has 1 aromatic carbocycles. The van der Waals surface area contributed by atoms with Crippen molar-refractivity contribution in [3.8, 4) is 0 Å². The number of hydrogen-bond donors (Lipinski definition) is 1. The fourth-order valence-corrected chi connectivity index (χ4v) is 3.26. The van der Waals surface area contributed by atoms with E-state index in [0.29, 0.717) is 12.1 Å². The summed E-state index contributed by atoms with van der Waals surface area (Å²) in [5.74, 6) is 0. The van der Waals surface area contributed by atoms with Crippen LogP contribution in [0.1, 0.15) is 17.5 Å². The zero-order valence-electron chi connectivity index (χ0n) is 13.4. The molecule has 1 fully saturated rings. The van der Waals surface area contributed by atoms with Crippen molar-refractivity contribution in [2.45, 2.75) is 31.8 Å². The molecule has 0 aliphatic carbocycles. The van der Waals surface area contributed by atoms with Gasteiger partial charge in [0.1, 0.15) is 0 Å². The molecule has 1 aromatic rings. The Labute approximate surface area is 124 Å². The molecule has 0 aromatic heterocycles. The summed E-state index contributed by atoms with van der Waals surface area (Å²) in [5.41, 5.74) is 2.79. The van der Waals surface area contributed by atoms with Crippen molar-refractivity contribution in [1.29, 1.82) is 0 Å². The van der Waals surface area contributed by atoms with Crippen LogP contribution >= 0.6 is 0 Å². The number of hydrogen-bond acceptors (Lipinski definition) is 3. The molecular formula is C17H29N3. The minimum Gasteiger partial charge on any atom is -0.315 e. The third-order valence-electron chi connectivity index (χ3n) is 4.49. The number of benzene rings is 1. The first-order valence-corrected chi connectivity index (χ1v) is 7.71. The SMILES string of the molecule is CNC(Cc1cccc(C)c1)C1CN(C)CCCN1C. The Morgan fingerprint density at radius 2 is 2.10 bits per heavy atom. The molecular weight excluding hydrogens is 246 g/mol. The number of aryl methyl sites for hydroxylation is 1. The average Bonchev–Trinajstić information content (AvgIpc) is 2.58. The highest BCUT2D eigenvalue weighted by molar-refractivity contribution is 5.23. The van der Waals surface area contributed by atoms with Gasteiger partial charge in [-0.25, -0.2) is 0 Å². The second kappa shape index (κ2) is 7.21. The molecule has 112 valence electrons. The Balaban J connectivity index is 2.09. The fraction of sp³-hybridized carbons (Fsp3) is 0.647. The van der Waals surface area contributed by atoms with Crippen LogP contribution in [0.25, 0.3) is 0 Å². The van der Waals surface area contributed by atoms with E-state index in [1.165, 1.54) is 30.6 Å². The van der Waals surface area contributed by atoms with Crippen LogP contribution in [0.3, 0.4) is 0 Å². The van der Waals surface area contributed by atoms with E-state index in [2.05, 4.69) is 67.4 Å². The predicted molar refractivity (Wildman–Crippen MR) is 86.3 cm³/mol. The highest BCUT2D eigenvalue weighted by atomic mass is 15.2. The molecule has 0 radical (unpaired) electrons. The van der Waals surface area contributed by atoms with Crippen molar-refractivity contribution in [3.63, 3.8) is 0 Å². The Morgan fingerprint density at radius 3 is 2.80 bits per heavy atom. The molecule has 1 heterocycles. The molecule has 1 N–H and O–H groups in total. The summed E-state index contributed by atoms with van der Waals surface area (Å²) in [6, 6.07) is 9.97. The van der Waals surface area contributed by atoms with Crippen LogP contribution in [0.4, 0.5) is 0 Å². The topological polar surface area (TPSA) is 18.5 Å². The maximum atomic E-state index is 3.55. The standard InChI is InChI=1S/C17H29N3/c1-14-7-5-8-15(11-14)12-16(18-2)17-13-19(3)9-6-10-20(17)4/h5,7-8,11,16-18H,6,9-10,12-13H2,1-4H3. The summed E-state index contributed by atoms with van der Waals surface area (Å²) in [7, 11) is 6.61. The van der Waals surface area contributed by atoms with Crippen LogP contribution in [0.2, 0.25) is 0 Å². The van der Waals surface area contributed by atoms with E-state index in [1.807, 2.05) is 0 Å². The quantitative estimate of drug-likeness (QED) is 0.903. The maximum absolute atomic E-state index is 3.55. The summed E-state index contributed by atoms with van der Waals surface area (Å²) in [6.45, 7) is 5.72. The largest absolute Gasteiger partial charge is 0.315 e. The lowest BCUT2D eigenvalue weighted by Crippen LogP contribution is -2.52. The fourth-order valence-electron chi connectivity index (χ4n) is 3.26. The smallest absolute Gasteiger partial charge is 0.0376 e. The Morgan fingerprint density at radius 1 is 1.30 bits per heavy atom. The summed E-state index contributed by atoms with van der Waals surface area (Å²) in [5, 5.41) is 3.55. The molecule has 0 bridgehead atoms. The number of nitrogens with one attached hydrogen (secondary N) is 1. The van der Waals surface area contributed by atoms with Gasteiger partial charge < -0.3 is 15.1 Å². The molecule has 20 heavy (non-hydrogen) atoms. The van der Waals surface area contributed by atoms with Crippen molar-refractivity contribution < 1.29 is 0 Å². The molecule has 0 amide bonds. The molecule has 3 nitrogen and oxygen atoms in total. The first-order valence-electron chi connectivity index (χ1n) is 7.71. The minimum absolute atomic E-state index is 0.502. The molecule has 2 unspecified atom stereocenters. The second-order valence-corrected chi connectivity index (χ2v) is 6.25. The Bertz CT molecular complexity index is 418. The van der Waals surface area contributed by atoms with Crippen molar-refractivity contribution in [3.05, 3.63) is 35.4 Å². The van der Waals surface area contributed by atoms with Gasteiger partial charge >= 0.3 is 0 Å². The molecule has 0 saturated carbocycles. The monoisotopic (exact) mass is 275 g/mol. The van der Waals surface area contributed by atoms with Crippen LogP contribution in [-0.4, -0.2) is 62.7 Å². The van der Waals surface area contributed by atoms with Crippen molar-refractivity contribution in [1.82, 2.24) is 15.1 Å². The lowest BCUT2D eigenvalue weighted by molar-refractivity contribution is 0.181. The van der Waals surface area contributed by atoms with E-state index >= 15 is 0 Å². The van der Waals surface area contributed by atoms with E-state index in [4.69, 9.17) is 0 Å². The van der Waals surface area contributed by atoms with Crippen LogP contribution in [0.15, 0.2) is 24.3 Å². The second-order valence-electron chi connectivity index (χ2n) is 6.25. The molecule has 0 spiro atoms. The summed E-state index contributed by atoms with van der Waals surface area (Å²) in [4.78, 5) is 5.00. The van der Waals surface area contributed by atoms with E-state index in [1.54, 1.807) is 0 Å². The molecule has 1 aliphatic rings. The van der Waals surface area contributed by atoms with Gasteiger partial charge in [-0.3, -0.25) is 0 Å². The average molecular weight is 275 g/mol. The number of rotatable bonds is 4. The van der Waals surface area contributed by atoms with Crippen LogP contribution in [0, 0.1) is 6.92 Å². The summed E-state index contributed by atoms with van der Waals surface area (Å²) >= 11 is 0. The van der Waals surface area contributed by atoms with E-state index < -0.39 is 0 Å². The van der Waals surface area contributed by atoms with Crippen molar-refractivity contribution >= 4 is 0 Å². The van der Waals surface area contributed by atoms with Gasteiger partial charge in [-0.2, -0.15) is 0 Å². The van der Waals surface area contributed by atoms with Crippen molar-refractivity contribution in [2.75, 3.05) is 40.8 Å². The third kappa shape index (κ3) is 4.05. The lowest BCUT2D eigenvalue weighted by Gasteiger charge is -2.34. The normalized spacial score (nSPS) is 23.5. The van der Waals surface area contributed by atoms with Crippen LogP contribution in [-0.2, 0) is 6.42 Å². The van der Waals surface area contributed by atoms with Gasteiger partial charge in [0.25, 0.3) is 0 Å². The first-order chi connectivity index (χ1) is 9.60. The van der Waals surface area contributed by atoms with Crippen LogP contribution in [0.5, 0.6) is 0 Å². The molecule has 1 aliphatic heterocycles. The summed E-state index contributed by atoms with van der Waals surface area (Å²) < 4.78 is 0. The summed E-state index contributed by atoms with van der Waals surface area (Å²) in [6.07, 6.45) is 2.37. The lowest BCUT2D eigenvalue weighted by atomic mass is 9.97. The zero-order valence-corrected chi connectivity index (χ0v) is 13.4. The Kier molecular flexibility index (Phi) is 5.58. The van der Waals surface area contributed by atoms with Gasteiger partial charge in [0, 0.05) is 18.6 Å². The number of nitrogens with zero attached hydrogens (tertiary/aromatic N) is 2. The van der Waals surface area contributed by atoms with E-state index in [9.17, 15) is 0 Å². The minimum atomic E-state index is 0.502. The highest BCUT2D eigenvalue weighted by Crippen LogP contribution is 2.15. The molecule has 1 saturated heterocycles. The highest BCUT2D eigenvalue weighted by Gasteiger charge is 2.27. The van der Waals surface area contributed by atoms with E-state index in [0.717, 1.165) is 13.0 Å². The number of likely N-dealkylation sites (N-methyl/N-ethyl adjacent to an activating group) is 3. The van der Waals surface area contributed by atoms with Gasteiger partial charge in [-0.1, -0.05) is 29.8 Å². The van der Waals surface area contributed by atoms with Crippen LogP contribution < -0.4 is 5.32 Å². The zero-order chi connectivity index (χ0) is 14.5. The van der Waals surface area contributed by atoms with Gasteiger partial charge in [0.2, 0.25) is 0 Å². The van der Waals surface area contributed by atoms with Gasteiger partial charge in [0.05, 0.1) is 0 Å². The molecule has 2 atom stereocenters. The Hall–Kier alpha value is -0.900. The predicted octanol–water partition coefficient (Wildman–Crippen LogP) is 1.76. The van der Waals surface area contributed by atoms with Crippen molar-refractivity contribution in [2.24, 2.45) is 0 Å². The molecule has 2 rings (SSSR count).